The van der Waals surface area contributed by atoms with E-state index in [0.29, 0.717) is 19.4 Å². The van der Waals surface area contributed by atoms with Crippen LogP contribution >= 0.6 is 0 Å². The number of aliphatic hydroxyl groups is 2. The summed E-state index contributed by atoms with van der Waals surface area (Å²) < 4.78 is 7.23. The number of ether oxygens (including phenoxy) is 1. The molecule has 0 saturated carbocycles. The number of hydrogen-bond donors (Lipinski definition) is 3. The Hall–Kier alpha value is -2.18. The molecule has 1 aromatic heterocycles. The fourth-order valence-electron chi connectivity index (χ4n) is 5.25. The Morgan fingerprint density at radius 2 is 2.15 bits per heavy atom. The summed E-state index contributed by atoms with van der Waals surface area (Å²) in [5.74, 6) is -0.658. The Kier molecular flexibility index (Phi) is 4.35. The van der Waals surface area contributed by atoms with Crippen molar-refractivity contribution in [3.63, 3.8) is 0 Å². The number of para-hydroxylation sites is 1. The van der Waals surface area contributed by atoms with Crippen LogP contribution in [0.1, 0.15) is 30.7 Å². The van der Waals surface area contributed by atoms with E-state index in [1.165, 1.54) is 7.11 Å². The predicted molar refractivity (Wildman–Crippen MR) is 102 cm³/mol. The molecule has 1 aliphatic carbocycles. The van der Waals surface area contributed by atoms with E-state index >= 15 is 0 Å². The molecule has 0 amide bonds. The monoisotopic (exact) mass is 371 g/mol. The van der Waals surface area contributed by atoms with Crippen molar-refractivity contribution < 1.29 is 24.3 Å². The zero-order chi connectivity index (χ0) is 19.3. The number of fused-ring (bicyclic) bond motifs is 4. The van der Waals surface area contributed by atoms with E-state index in [9.17, 15) is 15.0 Å². The van der Waals surface area contributed by atoms with Gasteiger partial charge in [-0.25, -0.2) is 4.58 Å². The molecule has 5 atom stereocenters. The molecular formula is C21H27N2O4+. The number of aromatic amines is 1. The van der Waals surface area contributed by atoms with Crippen LogP contribution in [0.15, 0.2) is 24.3 Å². The van der Waals surface area contributed by atoms with E-state index in [1.807, 2.05) is 42.1 Å². The van der Waals surface area contributed by atoms with E-state index in [1.54, 1.807) is 6.92 Å². The lowest BCUT2D eigenvalue weighted by molar-refractivity contribution is -0.516. The van der Waals surface area contributed by atoms with Crippen molar-refractivity contribution in [1.29, 1.82) is 0 Å². The Bertz CT molecular complexity index is 916. The van der Waals surface area contributed by atoms with Crippen LogP contribution in [0.5, 0.6) is 0 Å². The van der Waals surface area contributed by atoms with E-state index in [-0.39, 0.29) is 17.8 Å². The summed E-state index contributed by atoms with van der Waals surface area (Å²) in [5.41, 5.74) is 1.77. The third kappa shape index (κ3) is 2.70. The predicted octanol–water partition coefficient (Wildman–Crippen LogP) is 1.65. The number of aliphatic hydroxyl groups excluding tert-OH is 2. The summed E-state index contributed by atoms with van der Waals surface area (Å²) in [5, 5.41) is 22.5. The highest BCUT2D eigenvalue weighted by atomic mass is 16.5. The molecule has 6 nitrogen and oxygen atoms in total. The van der Waals surface area contributed by atoms with Crippen LogP contribution in [-0.4, -0.2) is 58.8 Å². The van der Waals surface area contributed by atoms with Gasteiger partial charge in [0.25, 0.3) is 0 Å². The molecule has 2 heterocycles. The van der Waals surface area contributed by atoms with Gasteiger partial charge in [-0.3, -0.25) is 4.79 Å². The first-order valence-corrected chi connectivity index (χ1v) is 9.47. The molecule has 27 heavy (non-hydrogen) atoms. The Morgan fingerprint density at radius 3 is 2.85 bits per heavy atom. The van der Waals surface area contributed by atoms with Gasteiger partial charge in [-0.05, 0) is 30.9 Å². The minimum atomic E-state index is -0.916. The number of hydrogen-bond acceptors (Lipinski definition) is 4. The molecule has 3 N–H and O–H groups in total. The van der Waals surface area contributed by atoms with Crippen LogP contribution in [0.4, 0.5) is 0 Å². The second-order valence-corrected chi connectivity index (χ2v) is 8.10. The average molecular weight is 371 g/mol. The number of carbonyl (C=O) groups is 1. The highest BCUT2D eigenvalue weighted by molar-refractivity contribution is 5.96. The lowest BCUT2D eigenvalue weighted by Gasteiger charge is -2.41. The summed E-state index contributed by atoms with van der Waals surface area (Å²) >= 11 is 0. The number of nitrogens with zero attached hydrogens (tertiary/aromatic N) is 1. The van der Waals surface area contributed by atoms with Crippen LogP contribution in [0.2, 0.25) is 0 Å². The van der Waals surface area contributed by atoms with Gasteiger partial charge in [0.1, 0.15) is 13.6 Å². The second-order valence-electron chi connectivity index (χ2n) is 8.10. The van der Waals surface area contributed by atoms with Crippen LogP contribution in [0.3, 0.4) is 0 Å². The largest absolute Gasteiger partial charge is 0.468 e. The Morgan fingerprint density at radius 1 is 1.41 bits per heavy atom. The van der Waals surface area contributed by atoms with Gasteiger partial charge in [-0.1, -0.05) is 18.2 Å². The first-order valence-electron chi connectivity index (χ1n) is 9.47. The molecule has 1 aromatic carbocycles. The van der Waals surface area contributed by atoms with Gasteiger partial charge < -0.3 is 19.9 Å². The summed E-state index contributed by atoms with van der Waals surface area (Å²) in [6.45, 7) is 2.40. The number of rotatable bonds is 2. The molecule has 2 aromatic rings. The highest BCUT2D eigenvalue weighted by Crippen LogP contribution is 2.49. The lowest BCUT2D eigenvalue weighted by atomic mass is 9.63. The smallest absolute Gasteiger partial charge is 0.322 e. The molecule has 0 radical (unpaired) electrons. The molecule has 0 saturated heterocycles. The molecule has 1 aliphatic heterocycles. The van der Waals surface area contributed by atoms with Crippen molar-refractivity contribution in [1.82, 2.24) is 4.98 Å². The van der Waals surface area contributed by atoms with Gasteiger partial charge in [0, 0.05) is 28.9 Å². The van der Waals surface area contributed by atoms with Crippen molar-refractivity contribution >= 4 is 23.1 Å². The summed E-state index contributed by atoms with van der Waals surface area (Å²) in [6.07, 6.45) is 1.48. The normalized spacial score (nSPS) is 31.4. The molecule has 4 rings (SSSR count). The van der Waals surface area contributed by atoms with Crippen molar-refractivity contribution in [2.45, 2.75) is 32.0 Å². The zero-order valence-corrected chi connectivity index (χ0v) is 16.0. The third-order valence-electron chi connectivity index (χ3n) is 6.44. The van der Waals surface area contributed by atoms with E-state index < -0.39 is 17.6 Å². The van der Waals surface area contributed by atoms with Crippen LogP contribution in [0.25, 0.3) is 10.9 Å². The van der Waals surface area contributed by atoms with Gasteiger partial charge in [0.2, 0.25) is 0 Å². The first kappa shape index (κ1) is 18.2. The van der Waals surface area contributed by atoms with Crippen molar-refractivity contribution in [2.24, 2.45) is 17.3 Å². The minimum Gasteiger partial charge on any atom is -0.468 e. The first-order chi connectivity index (χ1) is 12.9. The second kappa shape index (κ2) is 6.46. The average Bonchev–Trinajstić information content (AvgIpc) is 2.95. The number of H-pyrrole nitrogens is 1. The van der Waals surface area contributed by atoms with Gasteiger partial charge in [-0.2, -0.15) is 0 Å². The summed E-state index contributed by atoms with van der Waals surface area (Å²) in [6, 6.07) is 7.91. The van der Waals surface area contributed by atoms with E-state index in [4.69, 9.17) is 4.74 Å². The summed E-state index contributed by atoms with van der Waals surface area (Å²) in [4.78, 5) is 16.5. The molecule has 6 heteroatoms. The number of carbonyl (C=O) groups excluding carboxylic acids is 1. The molecule has 0 bridgehead atoms. The molecule has 144 valence electrons. The van der Waals surface area contributed by atoms with Crippen molar-refractivity contribution in [3.8, 4) is 0 Å². The van der Waals surface area contributed by atoms with E-state index in [0.717, 1.165) is 22.2 Å². The number of benzene rings is 1. The molecule has 1 unspecified atom stereocenters. The van der Waals surface area contributed by atoms with Crippen LogP contribution in [0, 0.1) is 17.3 Å². The lowest BCUT2D eigenvalue weighted by Crippen LogP contribution is -2.54. The maximum absolute atomic E-state index is 13.1. The minimum absolute atomic E-state index is 0.135. The zero-order valence-electron chi connectivity index (χ0n) is 16.0. The van der Waals surface area contributed by atoms with Crippen molar-refractivity contribution in [2.75, 3.05) is 20.7 Å². The number of esters is 1. The maximum Gasteiger partial charge on any atom is 0.322 e. The molecule has 0 spiro atoms. The van der Waals surface area contributed by atoms with Gasteiger partial charge in [0.15, 0.2) is 11.6 Å². The Labute approximate surface area is 158 Å². The summed E-state index contributed by atoms with van der Waals surface area (Å²) in [7, 11) is 3.33. The fourth-order valence-corrected chi connectivity index (χ4v) is 5.25. The SMILES string of the molecule is COC(=O)[C@@]12C=[N+](C)C[C@H]([C@@H](C)O)[C@@H]1CC(O)c1[nH]c3ccccc3c1C2. The molecule has 0 fully saturated rings. The number of aromatic nitrogens is 1. The van der Waals surface area contributed by atoms with Gasteiger partial charge >= 0.3 is 5.97 Å². The number of nitrogens with one attached hydrogen (secondary N) is 1. The fraction of sp³-hybridized carbons (Fsp3) is 0.524. The highest BCUT2D eigenvalue weighted by Gasteiger charge is 2.58. The van der Waals surface area contributed by atoms with Crippen molar-refractivity contribution in [3.05, 3.63) is 35.5 Å². The standard InChI is InChI=1S/C21H27N2O4/c1-12(24)15-10-23(2)11-21(20(26)27-3)9-14-13-6-4-5-7-17(13)22-19(14)18(25)8-16(15)21/h4-7,11-12,15-16,18,22,24-25H,8-10H2,1-3H3/q+1/t12-,15-,16+,18?,21+/m1/s1. The third-order valence-corrected chi connectivity index (χ3v) is 6.44. The molecule has 2 aliphatic rings. The topological polar surface area (TPSA) is 85.6 Å². The maximum atomic E-state index is 13.1. The van der Waals surface area contributed by atoms with E-state index in [2.05, 4.69) is 4.98 Å². The molecular weight excluding hydrogens is 344 g/mol. The van der Waals surface area contributed by atoms with Crippen LogP contribution < -0.4 is 0 Å². The number of methoxy groups -OCH3 is 1. The van der Waals surface area contributed by atoms with Gasteiger partial charge in [-0.15, -0.1) is 0 Å². The Balaban J connectivity index is 1.96. The van der Waals surface area contributed by atoms with Crippen LogP contribution in [-0.2, 0) is 16.0 Å². The quantitative estimate of drug-likeness (QED) is 0.553. The van der Waals surface area contributed by atoms with Gasteiger partial charge in [0.05, 0.1) is 19.3 Å².